The van der Waals surface area contributed by atoms with Gasteiger partial charge in [-0.2, -0.15) is 0 Å². The molecular formula is C9H9ClFNO2S2. The molecular weight excluding hydrogens is 273 g/mol. The average molecular weight is 282 g/mol. The summed E-state index contributed by atoms with van der Waals surface area (Å²) in [7, 11) is 1.13. The van der Waals surface area contributed by atoms with Crippen LogP contribution in [0.3, 0.4) is 0 Å². The van der Waals surface area contributed by atoms with Gasteiger partial charge in [0.05, 0.1) is 5.69 Å². The molecule has 2 rings (SSSR count). The second-order valence-electron chi connectivity index (χ2n) is 3.35. The summed E-state index contributed by atoms with van der Waals surface area (Å²) in [5, 5.41) is 3.05. The normalized spacial score (nSPS) is 16.1. The van der Waals surface area contributed by atoms with Crippen molar-refractivity contribution in [3.8, 4) is 0 Å². The number of thioether (sulfide) groups is 1. The van der Waals surface area contributed by atoms with Crippen LogP contribution in [0.25, 0.3) is 0 Å². The largest absolute Gasteiger partial charge is 0.384 e. The smallest absolute Gasteiger partial charge is 0.264 e. The maximum Gasteiger partial charge on any atom is 0.264 e. The fraction of sp³-hybridized carbons (Fsp3) is 0.333. The van der Waals surface area contributed by atoms with Crippen molar-refractivity contribution in [3.05, 3.63) is 17.9 Å². The standard InChI is InChI=1S/C9H9ClFNO2S2/c10-16(13,14)9-5-8-7(4-6(9)11)12-2-1-3-15-8/h4-5,12H,1-3H2. The average Bonchev–Trinajstić information content (AvgIpc) is 2.39. The van der Waals surface area contributed by atoms with Crippen LogP contribution in [0.5, 0.6) is 0 Å². The van der Waals surface area contributed by atoms with E-state index < -0.39 is 19.8 Å². The fourth-order valence-electron chi connectivity index (χ4n) is 1.46. The Kier molecular flexibility index (Phi) is 3.32. The maximum atomic E-state index is 13.5. The molecule has 1 aromatic rings. The summed E-state index contributed by atoms with van der Waals surface area (Å²) < 4.78 is 35.7. The minimum atomic E-state index is -4.02. The van der Waals surface area contributed by atoms with Crippen molar-refractivity contribution in [1.82, 2.24) is 0 Å². The highest BCUT2D eigenvalue weighted by molar-refractivity contribution is 8.13. The molecule has 0 bridgehead atoms. The van der Waals surface area contributed by atoms with Crippen molar-refractivity contribution >= 4 is 37.2 Å². The van der Waals surface area contributed by atoms with Crippen molar-refractivity contribution in [2.24, 2.45) is 0 Å². The highest BCUT2D eigenvalue weighted by atomic mass is 35.7. The van der Waals surface area contributed by atoms with Gasteiger partial charge < -0.3 is 5.32 Å². The number of anilines is 1. The highest BCUT2D eigenvalue weighted by Gasteiger charge is 2.20. The van der Waals surface area contributed by atoms with Crippen molar-refractivity contribution in [1.29, 1.82) is 0 Å². The minimum Gasteiger partial charge on any atom is -0.384 e. The van der Waals surface area contributed by atoms with Crippen LogP contribution in [0, 0.1) is 5.82 Å². The van der Waals surface area contributed by atoms with Crippen molar-refractivity contribution in [2.45, 2.75) is 16.2 Å². The Balaban J connectivity index is 2.56. The van der Waals surface area contributed by atoms with Crippen LogP contribution in [0.15, 0.2) is 21.9 Å². The monoisotopic (exact) mass is 281 g/mol. The summed E-state index contributed by atoms with van der Waals surface area (Å²) in [5.41, 5.74) is 0.629. The maximum absolute atomic E-state index is 13.5. The first-order chi connectivity index (χ1) is 7.48. The third kappa shape index (κ3) is 2.44. The van der Waals surface area contributed by atoms with E-state index in [0.29, 0.717) is 5.69 Å². The van der Waals surface area contributed by atoms with Gasteiger partial charge in [-0.3, -0.25) is 0 Å². The molecule has 0 unspecified atom stereocenters. The van der Waals surface area contributed by atoms with E-state index >= 15 is 0 Å². The molecule has 0 amide bonds. The highest BCUT2D eigenvalue weighted by Crippen LogP contribution is 2.34. The van der Waals surface area contributed by atoms with Gasteiger partial charge in [0.15, 0.2) is 0 Å². The van der Waals surface area contributed by atoms with E-state index in [4.69, 9.17) is 10.7 Å². The second-order valence-corrected chi connectivity index (χ2v) is 7.02. The molecule has 1 N–H and O–H groups in total. The lowest BCUT2D eigenvalue weighted by atomic mass is 10.3. The summed E-state index contributed by atoms with van der Waals surface area (Å²) in [4.78, 5) is 0.266. The number of hydrogen-bond donors (Lipinski definition) is 1. The number of fused-ring (bicyclic) bond motifs is 1. The Bertz CT molecular complexity index is 518. The van der Waals surface area contributed by atoms with Crippen LogP contribution in [0.4, 0.5) is 10.1 Å². The lowest BCUT2D eigenvalue weighted by Crippen LogP contribution is -2.02. The SMILES string of the molecule is O=S(=O)(Cl)c1cc2c(cc1F)NCCCS2. The Morgan fingerprint density at radius 3 is 2.88 bits per heavy atom. The first kappa shape index (κ1) is 12.0. The first-order valence-corrected chi connectivity index (χ1v) is 7.93. The molecule has 1 aliphatic rings. The van der Waals surface area contributed by atoms with E-state index in [2.05, 4.69) is 5.32 Å². The van der Waals surface area contributed by atoms with Gasteiger partial charge in [-0.05, 0) is 24.3 Å². The van der Waals surface area contributed by atoms with Crippen molar-refractivity contribution in [3.63, 3.8) is 0 Å². The van der Waals surface area contributed by atoms with Gasteiger partial charge >= 0.3 is 0 Å². The number of halogens is 2. The van der Waals surface area contributed by atoms with E-state index in [1.807, 2.05) is 0 Å². The van der Waals surface area contributed by atoms with Gasteiger partial charge in [0.1, 0.15) is 10.7 Å². The summed E-state index contributed by atoms with van der Waals surface area (Å²) in [6.07, 6.45) is 0.948. The lowest BCUT2D eigenvalue weighted by Gasteiger charge is -2.08. The van der Waals surface area contributed by atoms with Crippen molar-refractivity contribution in [2.75, 3.05) is 17.6 Å². The quantitative estimate of drug-likeness (QED) is 0.804. The summed E-state index contributed by atoms with van der Waals surface area (Å²) in [5.74, 6) is 0.0525. The summed E-state index contributed by atoms with van der Waals surface area (Å²) >= 11 is 1.50. The van der Waals surface area contributed by atoms with Gasteiger partial charge in [0.2, 0.25) is 0 Å². The van der Waals surface area contributed by atoms with Crippen LogP contribution in [-0.4, -0.2) is 20.7 Å². The minimum absolute atomic E-state index is 0.455. The van der Waals surface area contributed by atoms with E-state index in [9.17, 15) is 12.8 Å². The van der Waals surface area contributed by atoms with E-state index in [1.54, 1.807) is 0 Å². The summed E-state index contributed by atoms with van der Waals surface area (Å²) in [6, 6.07) is 2.47. The molecule has 3 nitrogen and oxygen atoms in total. The third-order valence-electron chi connectivity index (χ3n) is 2.19. The van der Waals surface area contributed by atoms with E-state index in [1.165, 1.54) is 23.9 Å². The number of rotatable bonds is 1. The first-order valence-electron chi connectivity index (χ1n) is 4.63. The Morgan fingerprint density at radius 1 is 1.44 bits per heavy atom. The second kappa shape index (κ2) is 4.43. The number of nitrogens with one attached hydrogen (secondary N) is 1. The molecule has 88 valence electrons. The molecule has 0 atom stereocenters. The van der Waals surface area contributed by atoms with Crippen LogP contribution < -0.4 is 5.32 Å². The predicted octanol–water partition coefficient (Wildman–Crippen LogP) is 2.66. The molecule has 1 aliphatic heterocycles. The van der Waals surface area contributed by atoms with Gasteiger partial charge in [0.25, 0.3) is 9.05 Å². The Hall–Kier alpha value is -0.460. The van der Waals surface area contributed by atoms with Gasteiger partial charge in [-0.1, -0.05) is 0 Å². The topological polar surface area (TPSA) is 46.2 Å². The van der Waals surface area contributed by atoms with Crippen LogP contribution >= 0.6 is 22.4 Å². The Morgan fingerprint density at radius 2 is 2.19 bits per heavy atom. The molecule has 16 heavy (non-hydrogen) atoms. The zero-order valence-electron chi connectivity index (χ0n) is 8.16. The number of benzene rings is 1. The van der Waals surface area contributed by atoms with Gasteiger partial charge in [0, 0.05) is 22.1 Å². The van der Waals surface area contributed by atoms with Crippen molar-refractivity contribution < 1.29 is 12.8 Å². The van der Waals surface area contributed by atoms with Gasteiger partial charge in [-0.15, -0.1) is 11.8 Å². The molecule has 0 aliphatic carbocycles. The third-order valence-corrected chi connectivity index (χ3v) is 4.67. The number of hydrogen-bond acceptors (Lipinski definition) is 4. The lowest BCUT2D eigenvalue weighted by molar-refractivity contribution is 0.574. The summed E-state index contributed by atoms with van der Waals surface area (Å²) in [6.45, 7) is 0.756. The molecule has 7 heteroatoms. The molecule has 0 spiro atoms. The van der Waals surface area contributed by atoms with E-state index in [-0.39, 0.29) is 0 Å². The predicted molar refractivity (Wildman–Crippen MR) is 63.3 cm³/mol. The fourth-order valence-corrected chi connectivity index (χ4v) is 3.43. The van der Waals surface area contributed by atoms with Crippen LogP contribution in [-0.2, 0) is 9.05 Å². The Labute approximate surface area is 102 Å². The molecule has 0 saturated carbocycles. The zero-order chi connectivity index (χ0) is 11.8. The molecule has 0 radical (unpaired) electrons. The molecule has 0 saturated heterocycles. The van der Waals surface area contributed by atoms with Crippen LogP contribution in [0.2, 0.25) is 0 Å². The van der Waals surface area contributed by atoms with Gasteiger partial charge in [-0.25, -0.2) is 12.8 Å². The molecule has 1 heterocycles. The molecule has 0 aromatic heterocycles. The molecule has 0 fully saturated rings. The van der Waals surface area contributed by atoms with E-state index in [0.717, 1.165) is 23.6 Å². The zero-order valence-corrected chi connectivity index (χ0v) is 10.6. The molecule has 1 aromatic carbocycles. The van der Waals surface area contributed by atoms with Crippen LogP contribution in [0.1, 0.15) is 6.42 Å².